The van der Waals surface area contributed by atoms with Crippen LogP contribution in [-0.4, -0.2) is 4.21 Å². The van der Waals surface area contributed by atoms with Crippen molar-refractivity contribution in [3.63, 3.8) is 0 Å². The van der Waals surface area contributed by atoms with Gasteiger partial charge in [-0.1, -0.05) is 120 Å². The molecular formula is C54H64Zr-4. The van der Waals surface area contributed by atoms with Gasteiger partial charge in [0, 0.05) is 5.41 Å². The van der Waals surface area contributed by atoms with Crippen molar-refractivity contribution in [3.8, 4) is 11.1 Å². The zero-order valence-electron chi connectivity index (χ0n) is 36.6. The van der Waals surface area contributed by atoms with Crippen LogP contribution in [0.25, 0.3) is 22.3 Å². The Labute approximate surface area is 351 Å². The monoisotopic (exact) mass is 802 g/mol. The van der Waals surface area contributed by atoms with Crippen LogP contribution in [0.5, 0.6) is 0 Å². The Balaban J connectivity index is 0.000000186. The molecule has 0 N–H and O–H groups in total. The maximum atomic E-state index is 3.65. The van der Waals surface area contributed by atoms with E-state index in [1.165, 1.54) is 102 Å². The molecule has 0 aliphatic heterocycles. The molecule has 4 aromatic rings. The SMILES string of the molecule is CC(C)(C)c1cc[c-]cc1.CC(C)(C)c1cc[c-]cc1.CC1=[C-]C(C)(C)c2cc3c(cc21)-c1cc2c(cc1C3)C(C)(C)C=C2C.CC1=[C-]C(C)C=C1C.[CH2]=[Zr]. The van der Waals surface area contributed by atoms with Crippen LogP contribution in [-0.2, 0) is 52.3 Å². The molecule has 288 valence electrons. The number of hydrogen-bond acceptors (Lipinski definition) is 0. The van der Waals surface area contributed by atoms with E-state index in [2.05, 4.69) is 193 Å². The van der Waals surface area contributed by atoms with E-state index in [1.807, 2.05) is 24.3 Å². The number of allylic oxidation sites excluding steroid dienone is 8. The predicted molar refractivity (Wildman–Crippen MR) is 237 cm³/mol. The van der Waals surface area contributed by atoms with Crippen molar-refractivity contribution < 1.29 is 24.2 Å². The number of rotatable bonds is 0. The summed E-state index contributed by atoms with van der Waals surface area (Å²) in [6.45, 7) is 33.3. The number of hydrogen-bond donors (Lipinski definition) is 0. The van der Waals surface area contributed by atoms with Gasteiger partial charge in [0.2, 0.25) is 0 Å². The third-order valence-corrected chi connectivity index (χ3v) is 11.1. The molecule has 1 unspecified atom stereocenters. The van der Waals surface area contributed by atoms with Gasteiger partial charge in [0.05, 0.1) is 0 Å². The molecule has 0 saturated heterocycles. The Kier molecular flexibility index (Phi) is 14.0. The summed E-state index contributed by atoms with van der Waals surface area (Å²) in [4.78, 5) is 0. The molecule has 0 aromatic heterocycles. The van der Waals surface area contributed by atoms with Crippen LogP contribution in [0.3, 0.4) is 0 Å². The van der Waals surface area contributed by atoms with Gasteiger partial charge < -0.3 is 0 Å². The fourth-order valence-corrected chi connectivity index (χ4v) is 8.05. The van der Waals surface area contributed by atoms with Gasteiger partial charge in [-0.25, -0.2) is 16.7 Å². The number of fused-ring (bicyclic) bond motifs is 5. The summed E-state index contributed by atoms with van der Waals surface area (Å²) in [6, 6.07) is 32.1. The summed E-state index contributed by atoms with van der Waals surface area (Å²) in [5, 5.41) is 0. The molecule has 55 heavy (non-hydrogen) atoms. The summed E-state index contributed by atoms with van der Waals surface area (Å²) in [7, 11) is 0. The first-order valence-electron chi connectivity index (χ1n) is 19.8. The summed E-state index contributed by atoms with van der Waals surface area (Å²) in [6.07, 6.45) is 12.7. The molecule has 0 radical (unpaired) electrons. The van der Waals surface area contributed by atoms with E-state index in [1.54, 1.807) is 0 Å². The van der Waals surface area contributed by atoms with Crippen molar-refractivity contribution in [1.82, 2.24) is 0 Å². The Bertz CT molecular complexity index is 1950. The predicted octanol–water partition coefficient (Wildman–Crippen LogP) is 14.3. The summed E-state index contributed by atoms with van der Waals surface area (Å²) >= 11 is 1.30. The number of benzene rings is 4. The first-order valence-corrected chi connectivity index (χ1v) is 21.6. The Morgan fingerprint density at radius 3 is 1.45 bits per heavy atom. The molecule has 0 nitrogen and oxygen atoms in total. The molecular weight excluding hydrogens is 740 g/mol. The second-order valence-electron chi connectivity index (χ2n) is 18.7. The van der Waals surface area contributed by atoms with E-state index >= 15 is 0 Å². The fourth-order valence-electron chi connectivity index (χ4n) is 8.05. The van der Waals surface area contributed by atoms with E-state index in [4.69, 9.17) is 0 Å². The van der Waals surface area contributed by atoms with Gasteiger partial charge in [-0.15, -0.1) is 18.6 Å². The molecule has 4 aromatic carbocycles. The second kappa shape index (κ2) is 17.4. The fraction of sp³-hybridized carbons (Fsp3) is 0.389. The van der Waals surface area contributed by atoms with E-state index in [0.717, 1.165) is 6.42 Å². The van der Waals surface area contributed by atoms with Gasteiger partial charge in [0.25, 0.3) is 0 Å². The Morgan fingerprint density at radius 1 is 0.618 bits per heavy atom. The van der Waals surface area contributed by atoms with Crippen LogP contribution >= 0.6 is 0 Å². The molecule has 0 heterocycles. The van der Waals surface area contributed by atoms with E-state index < -0.39 is 0 Å². The van der Waals surface area contributed by atoms with Gasteiger partial charge in [-0.3, -0.25) is 12.2 Å². The zero-order valence-corrected chi connectivity index (χ0v) is 39.0. The molecule has 0 spiro atoms. The van der Waals surface area contributed by atoms with Crippen molar-refractivity contribution in [2.24, 2.45) is 5.92 Å². The second-order valence-corrected chi connectivity index (χ2v) is 18.7. The third kappa shape index (κ3) is 10.5. The van der Waals surface area contributed by atoms with Crippen molar-refractivity contribution in [1.29, 1.82) is 0 Å². The third-order valence-electron chi connectivity index (χ3n) is 11.1. The molecule has 1 atom stereocenters. The molecule has 0 amide bonds. The van der Waals surface area contributed by atoms with Crippen LogP contribution in [0.1, 0.15) is 148 Å². The molecule has 0 fully saturated rings. The minimum absolute atomic E-state index is 0.0340. The molecule has 0 saturated carbocycles. The average Bonchev–Trinajstić information content (AvgIpc) is 3.77. The topological polar surface area (TPSA) is 0 Å². The average molecular weight is 804 g/mol. The molecule has 1 heteroatoms. The van der Waals surface area contributed by atoms with Gasteiger partial charge in [0.15, 0.2) is 0 Å². The van der Waals surface area contributed by atoms with E-state index in [0.29, 0.717) is 5.92 Å². The van der Waals surface area contributed by atoms with Crippen molar-refractivity contribution >= 4 is 15.4 Å². The molecule has 8 rings (SSSR count). The first-order chi connectivity index (χ1) is 25.6. The quantitative estimate of drug-likeness (QED) is 0.137. The van der Waals surface area contributed by atoms with Gasteiger partial charge in [-0.2, -0.15) is 83.4 Å². The summed E-state index contributed by atoms with van der Waals surface area (Å²) in [5.74, 6) is 0.551. The normalized spacial score (nSPS) is 17.6. The van der Waals surface area contributed by atoms with Crippen molar-refractivity contribution in [2.45, 2.75) is 132 Å². The van der Waals surface area contributed by atoms with E-state index in [9.17, 15) is 0 Å². The van der Waals surface area contributed by atoms with Gasteiger partial charge in [-0.05, 0) is 69.2 Å². The summed E-state index contributed by atoms with van der Waals surface area (Å²) < 4.78 is 3.34. The van der Waals surface area contributed by atoms with Gasteiger partial charge >= 0.3 is 28.4 Å². The van der Waals surface area contributed by atoms with Crippen LogP contribution < -0.4 is 0 Å². The minimum atomic E-state index is 0.0340. The summed E-state index contributed by atoms with van der Waals surface area (Å²) in [5.41, 5.74) is 20.5. The maximum absolute atomic E-state index is 3.65. The van der Waals surface area contributed by atoms with Crippen molar-refractivity contribution in [2.75, 3.05) is 0 Å². The van der Waals surface area contributed by atoms with Crippen LogP contribution in [0.15, 0.2) is 96.1 Å². The Morgan fingerprint density at radius 2 is 1.07 bits per heavy atom. The van der Waals surface area contributed by atoms with E-state index in [-0.39, 0.29) is 21.7 Å². The standard InChI is InChI=1S/C25H25.2C10H13.C8H11.CH2.Zr/c1-14-12-24(3,4)22-8-16-7-17-9-23-19(15(2)13-25(23,5)6)11-21(17)20(16)10-18(14)22;2*1-10(2,3)9-7-5-4-6-8-9;1-6-4-7(2)8(3)5-6;;/h8-12H,7H2,1-6H3;2*5-8H,1-3H3;4,6H,1-3H3;1H2;/q4*-1;;. The van der Waals surface area contributed by atoms with Crippen LogP contribution in [0.4, 0.5) is 0 Å². The molecule has 4 aliphatic carbocycles. The van der Waals surface area contributed by atoms with Crippen LogP contribution in [0.2, 0.25) is 0 Å². The van der Waals surface area contributed by atoms with Crippen LogP contribution in [0, 0.1) is 30.2 Å². The molecule has 4 aliphatic rings. The molecule has 0 bridgehead atoms. The first kappa shape index (κ1) is 44.3. The van der Waals surface area contributed by atoms with Crippen molar-refractivity contribution in [3.05, 3.63) is 165 Å². The Hall–Kier alpha value is -3.41. The zero-order chi connectivity index (χ0) is 41.1. The van der Waals surface area contributed by atoms with Gasteiger partial charge in [0.1, 0.15) is 0 Å².